The minimum Gasteiger partial charge on any atom is -0.469 e. The quantitative estimate of drug-likeness (QED) is 0.942. The molecule has 5 nitrogen and oxygen atoms in total. The lowest BCUT2D eigenvalue weighted by molar-refractivity contribution is -0.117. The molecule has 1 aromatic carbocycles. The van der Waals surface area contributed by atoms with E-state index >= 15 is 0 Å². The minimum atomic E-state index is -0.217. The highest BCUT2D eigenvalue weighted by Crippen LogP contribution is 2.24. The van der Waals surface area contributed by atoms with Gasteiger partial charge in [-0.2, -0.15) is 0 Å². The molecule has 1 N–H and O–H groups in total. The van der Waals surface area contributed by atoms with Gasteiger partial charge in [0.2, 0.25) is 5.91 Å². The summed E-state index contributed by atoms with van der Waals surface area (Å²) in [6, 6.07) is 8.97. The average Bonchev–Trinajstić information content (AvgIpc) is 3.07. The van der Waals surface area contributed by atoms with Crippen LogP contribution in [0, 0.1) is 6.92 Å². The molecular formula is C16H16N2O3. The molecule has 1 aliphatic heterocycles. The Bertz CT molecular complexity index is 690. The van der Waals surface area contributed by atoms with Gasteiger partial charge in [0.25, 0.3) is 5.91 Å². The zero-order valence-corrected chi connectivity index (χ0v) is 11.8. The maximum absolute atomic E-state index is 12.1. The van der Waals surface area contributed by atoms with Crippen LogP contribution in [-0.4, -0.2) is 18.4 Å². The Kier molecular flexibility index (Phi) is 3.48. The van der Waals surface area contributed by atoms with Gasteiger partial charge in [0.05, 0.1) is 11.8 Å². The molecule has 0 unspecified atom stereocenters. The summed E-state index contributed by atoms with van der Waals surface area (Å²) in [4.78, 5) is 25.7. The first-order chi connectivity index (χ1) is 10.1. The standard InChI is InChI=1S/C16H16N2O3/c1-11-14(7-9-21-11)16(20)17-12-4-2-5-13(10-12)18-8-3-6-15(18)19/h2,4-5,7,9-10H,3,6,8H2,1H3,(H,17,20). The smallest absolute Gasteiger partial charge is 0.259 e. The van der Waals surface area contributed by atoms with Crippen LogP contribution >= 0.6 is 0 Å². The summed E-state index contributed by atoms with van der Waals surface area (Å²) in [5, 5.41) is 2.83. The molecule has 21 heavy (non-hydrogen) atoms. The molecule has 0 bridgehead atoms. The summed E-state index contributed by atoms with van der Waals surface area (Å²) in [6.07, 6.45) is 2.96. The van der Waals surface area contributed by atoms with Crippen molar-refractivity contribution >= 4 is 23.2 Å². The summed E-state index contributed by atoms with van der Waals surface area (Å²) >= 11 is 0. The van der Waals surface area contributed by atoms with Gasteiger partial charge in [0.1, 0.15) is 5.76 Å². The molecule has 0 radical (unpaired) electrons. The van der Waals surface area contributed by atoms with E-state index in [2.05, 4.69) is 5.32 Å². The van der Waals surface area contributed by atoms with E-state index < -0.39 is 0 Å². The third-order valence-corrected chi connectivity index (χ3v) is 3.59. The van der Waals surface area contributed by atoms with Crippen LogP contribution in [0.2, 0.25) is 0 Å². The van der Waals surface area contributed by atoms with Gasteiger partial charge in [-0.05, 0) is 37.6 Å². The topological polar surface area (TPSA) is 62.6 Å². The summed E-state index contributed by atoms with van der Waals surface area (Å²) in [7, 11) is 0. The number of nitrogens with zero attached hydrogens (tertiary/aromatic N) is 1. The summed E-state index contributed by atoms with van der Waals surface area (Å²) in [5.74, 6) is 0.494. The van der Waals surface area contributed by atoms with Crippen molar-refractivity contribution in [3.05, 3.63) is 47.9 Å². The predicted octanol–water partition coefficient (Wildman–Crippen LogP) is 2.97. The molecule has 1 saturated heterocycles. The molecule has 2 aromatic rings. The van der Waals surface area contributed by atoms with E-state index in [1.807, 2.05) is 18.2 Å². The average molecular weight is 284 g/mol. The van der Waals surface area contributed by atoms with Gasteiger partial charge < -0.3 is 14.6 Å². The van der Waals surface area contributed by atoms with Gasteiger partial charge in [-0.3, -0.25) is 9.59 Å². The molecule has 0 saturated carbocycles. The monoisotopic (exact) mass is 284 g/mol. The first kappa shape index (κ1) is 13.4. The second-order valence-corrected chi connectivity index (χ2v) is 5.04. The van der Waals surface area contributed by atoms with Crippen LogP contribution in [0.3, 0.4) is 0 Å². The second-order valence-electron chi connectivity index (χ2n) is 5.04. The molecule has 2 amide bonds. The number of rotatable bonds is 3. The molecule has 3 rings (SSSR count). The third kappa shape index (κ3) is 2.67. The Balaban J connectivity index is 1.79. The van der Waals surface area contributed by atoms with E-state index in [9.17, 15) is 9.59 Å². The van der Waals surface area contributed by atoms with Gasteiger partial charge >= 0.3 is 0 Å². The maximum atomic E-state index is 12.1. The fraction of sp³-hybridized carbons (Fsp3) is 0.250. The highest BCUT2D eigenvalue weighted by Gasteiger charge is 2.22. The van der Waals surface area contributed by atoms with Crippen molar-refractivity contribution in [1.29, 1.82) is 0 Å². The van der Waals surface area contributed by atoms with E-state index in [0.717, 1.165) is 18.7 Å². The minimum absolute atomic E-state index is 0.129. The Morgan fingerprint density at radius 2 is 2.19 bits per heavy atom. The van der Waals surface area contributed by atoms with Crippen LogP contribution in [0.1, 0.15) is 29.0 Å². The lowest BCUT2D eigenvalue weighted by Crippen LogP contribution is -2.23. The highest BCUT2D eigenvalue weighted by atomic mass is 16.3. The van der Waals surface area contributed by atoms with Crippen molar-refractivity contribution in [3.8, 4) is 0 Å². The van der Waals surface area contributed by atoms with E-state index in [4.69, 9.17) is 4.42 Å². The first-order valence-corrected chi connectivity index (χ1v) is 6.91. The van der Waals surface area contributed by atoms with Gasteiger partial charge in [0.15, 0.2) is 0 Å². The molecular weight excluding hydrogens is 268 g/mol. The van der Waals surface area contributed by atoms with Gasteiger partial charge in [-0.25, -0.2) is 0 Å². The lowest BCUT2D eigenvalue weighted by Gasteiger charge is -2.16. The number of hydrogen-bond donors (Lipinski definition) is 1. The predicted molar refractivity (Wildman–Crippen MR) is 79.4 cm³/mol. The normalized spacial score (nSPS) is 14.5. The number of nitrogens with one attached hydrogen (secondary N) is 1. The van der Waals surface area contributed by atoms with Crippen LogP contribution < -0.4 is 10.2 Å². The van der Waals surface area contributed by atoms with Crippen molar-refractivity contribution < 1.29 is 14.0 Å². The molecule has 0 aliphatic carbocycles. The third-order valence-electron chi connectivity index (χ3n) is 3.59. The number of aryl methyl sites for hydroxylation is 1. The Morgan fingerprint density at radius 3 is 2.86 bits per heavy atom. The molecule has 5 heteroatoms. The van der Waals surface area contributed by atoms with Crippen LogP contribution in [0.4, 0.5) is 11.4 Å². The molecule has 108 valence electrons. The molecule has 0 spiro atoms. The molecule has 2 heterocycles. The first-order valence-electron chi connectivity index (χ1n) is 6.91. The maximum Gasteiger partial charge on any atom is 0.259 e. The molecule has 1 aromatic heterocycles. The number of carbonyl (C=O) groups excluding carboxylic acids is 2. The van der Waals surface area contributed by atoms with Gasteiger partial charge in [0, 0.05) is 24.3 Å². The van der Waals surface area contributed by atoms with Crippen LogP contribution in [0.5, 0.6) is 0 Å². The fourth-order valence-electron chi connectivity index (χ4n) is 2.49. The van der Waals surface area contributed by atoms with Crippen LogP contribution in [0.15, 0.2) is 41.0 Å². The van der Waals surface area contributed by atoms with Gasteiger partial charge in [-0.15, -0.1) is 0 Å². The summed E-state index contributed by atoms with van der Waals surface area (Å²) in [5.41, 5.74) is 2.00. The number of carbonyl (C=O) groups is 2. The molecule has 1 fully saturated rings. The Hall–Kier alpha value is -2.56. The number of benzene rings is 1. The zero-order chi connectivity index (χ0) is 14.8. The highest BCUT2D eigenvalue weighted by molar-refractivity contribution is 6.05. The van der Waals surface area contributed by atoms with E-state index in [1.54, 1.807) is 24.0 Å². The van der Waals surface area contributed by atoms with E-state index in [-0.39, 0.29) is 11.8 Å². The van der Waals surface area contributed by atoms with Crippen LogP contribution in [0.25, 0.3) is 0 Å². The van der Waals surface area contributed by atoms with Crippen molar-refractivity contribution in [1.82, 2.24) is 0 Å². The second kappa shape index (κ2) is 5.44. The van der Waals surface area contributed by atoms with E-state index in [0.29, 0.717) is 23.4 Å². The summed E-state index contributed by atoms with van der Waals surface area (Å²) in [6.45, 7) is 2.48. The number of anilines is 2. The molecule has 0 atom stereocenters. The zero-order valence-electron chi connectivity index (χ0n) is 11.8. The van der Waals surface area contributed by atoms with Crippen molar-refractivity contribution in [3.63, 3.8) is 0 Å². The fourth-order valence-corrected chi connectivity index (χ4v) is 2.49. The number of furan rings is 1. The van der Waals surface area contributed by atoms with Crippen LogP contribution in [-0.2, 0) is 4.79 Å². The van der Waals surface area contributed by atoms with E-state index in [1.165, 1.54) is 6.26 Å². The van der Waals surface area contributed by atoms with Crippen molar-refractivity contribution in [2.24, 2.45) is 0 Å². The van der Waals surface area contributed by atoms with Crippen molar-refractivity contribution in [2.75, 3.05) is 16.8 Å². The molecule has 1 aliphatic rings. The Labute approximate surface area is 122 Å². The largest absolute Gasteiger partial charge is 0.469 e. The van der Waals surface area contributed by atoms with Crippen molar-refractivity contribution in [2.45, 2.75) is 19.8 Å². The van der Waals surface area contributed by atoms with Gasteiger partial charge in [-0.1, -0.05) is 6.07 Å². The number of hydrogen-bond acceptors (Lipinski definition) is 3. The Morgan fingerprint density at radius 1 is 1.33 bits per heavy atom. The number of amides is 2. The summed E-state index contributed by atoms with van der Waals surface area (Å²) < 4.78 is 5.13. The lowest BCUT2D eigenvalue weighted by atomic mass is 10.2. The SMILES string of the molecule is Cc1occc1C(=O)Nc1cccc(N2CCCC2=O)c1.